The predicted molar refractivity (Wildman–Crippen MR) is 222 cm³/mol. The van der Waals surface area contributed by atoms with Crippen LogP contribution >= 0.6 is 0 Å². The highest BCUT2D eigenvalue weighted by molar-refractivity contribution is 5.87. The number of rotatable bonds is 3. The first kappa shape index (κ1) is 32.2. The van der Waals surface area contributed by atoms with Crippen LogP contribution in [0.1, 0.15) is 119 Å². The third-order valence-corrected chi connectivity index (χ3v) is 16.7. The lowest BCUT2D eigenvalue weighted by atomic mass is 9.57. The van der Waals surface area contributed by atoms with Gasteiger partial charge in [-0.1, -0.05) is 98.9 Å². The van der Waals surface area contributed by atoms with E-state index < -0.39 is 0 Å². The van der Waals surface area contributed by atoms with E-state index in [0.29, 0.717) is 35.5 Å². The van der Waals surface area contributed by atoms with Gasteiger partial charge in [0.15, 0.2) is 0 Å². The van der Waals surface area contributed by atoms with Gasteiger partial charge in [-0.25, -0.2) is 0 Å². The summed E-state index contributed by atoms with van der Waals surface area (Å²) in [7, 11) is 0. The summed E-state index contributed by atoms with van der Waals surface area (Å²) in [5.41, 5.74) is 12.4. The highest BCUT2D eigenvalue weighted by Gasteiger charge is 2.67. The third kappa shape index (κ3) is 4.13. The minimum atomic E-state index is 0.119. The summed E-state index contributed by atoms with van der Waals surface area (Å²) in [5, 5.41) is 1.28. The van der Waals surface area contributed by atoms with Crippen molar-refractivity contribution in [1.29, 1.82) is 0 Å². The fourth-order valence-corrected chi connectivity index (χ4v) is 15.0. The first-order valence-corrected chi connectivity index (χ1v) is 21.8. The Morgan fingerprint density at radius 3 is 2.54 bits per heavy atom. The largest absolute Gasteiger partial charge is 0.456 e. The number of para-hydroxylation sites is 1. The standard InChI is InChI=1S/C52H55NO/c1-51(2)40-21-8-3-18-36(40)38-20-13-26-46(50(38)51)53(45-25-14-28-48-49(45)39-19-7-12-27-47(39)54-48)32-29-30-37-35-17-6-11-24-43(35)52(44(37)31-32)41-22-9-4-15-33(41)34-16-5-10-23-42(34)52/h3-5,7,9,11-12,14,16,18-20,24,27-31,33-36,40-43,45H,6,8,10,13,15,17,21-23,25-26H2,1-2H3. The summed E-state index contributed by atoms with van der Waals surface area (Å²) in [6.07, 6.45) is 41.3. The molecule has 10 atom stereocenters. The van der Waals surface area contributed by atoms with Gasteiger partial charge in [-0.2, -0.15) is 0 Å². The zero-order valence-electron chi connectivity index (χ0n) is 32.2. The molecule has 10 unspecified atom stereocenters. The van der Waals surface area contributed by atoms with E-state index >= 15 is 0 Å². The summed E-state index contributed by atoms with van der Waals surface area (Å²) in [6.45, 7) is 5.17. The van der Waals surface area contributed by atoms with Crippen LogP contribution in [0.15, 0.2) is 124 Å². The van der Waals surface area contributed by atoms with Crippen LogP contribution in [0.2, 0.25) is 0 Å². The molecule has 0 saturated heterocycles. The molecular weight excluding hydrogens is 655 g/mol. The Labute approximate surface area is 322 Å². The molecule has 2 saturated carbocycles. The van der Waals surface area contributed by atoms with E-state index in [9.17, 15) is 0 Å². The Bertz CT molecular complexity index is 2280. The molecule has 2 heteroatoms. The van der Waals surface area contributed by atoms with Gasteiger partial charge in [0.05, 0.1) is 6.04 Å². The van der Waals surface area contributed by atoms with E-state index in [1.165, 1.54) is 68.0 Å². The molecule has 2 aromatic carbocycles. The number of anilines is 1. The second-order valence-electron chi connectivity index (χ2n) is 19.0. The quantitative estimate of drug-likeness (QED) is 0.252. The van der Waals surface area contributed by atoms with Gasteiger partial charge in [-0.05, 0) is 164 Å². The summed E-state index contributed by atoms with van der Waals surface area (Å²) in [4.78, 5) is 2.91. The van der Waals surface area contributed by atoms with Crippen LogP contribution < -0.4 is 4.90 Å². The lowest BCUT2D eigenvalue weighted by Gasteiger charge is -2.46. The number of furan rings is 1. The van der Waals surface area contributed by atoms with Crippen molar-refractivity contribution in [1.82, 2.24) is 0 Å². The first-order valence-electron chi connectivity index (χ1n) is 21.8. The van der Waals surface area contributed by atoms with Gasteiger partial charge in [0.2, 0.25) is 0 Å². The summed E-state index contributed by atoms with van der Waals surface area (Å²) in [5.74, 6) is 6.39. The molecule has 1 aromatic heterocycles. The number of hydrogen-bond donors (Lipinski definition) is 0. The van der Waals surface area contributed by atoms with Crippen LogP contribution in [0.5, 0.6) is 0 Å². The topological polar surface area (TPSA) is 16.4 Å². The Morgan fingerprint density at radius 1 is 0.759 bits per heavy atom. The van der Waals surface area contributed by atoms with Crippen molar-refractivity contribution in [2.75, 3.05) is 4.90 Å². The minimum absolute atomic E-state index is 0.119. The highest BCUT2D eigenvalue weighted by atomic mass is 16.3. The van der Waals surface area contributed by atoms with E-state index in [1.54, 1.807) is 28.0 Å². The monoisotopic (exact) mass is 709 g/mol. The molecule has 12 rings (SSSR count). The van der Waals surface area contributed by atoms with Gasteiger partial charge in [0.25, 0.3) is 0 Å². The molecule has 54 heavy (non-hydrogen) atoms. The zero-order valence-corrected chi connectivity index (χ0v) is 32.2. The van der Waals surface area contributed by atoms with Gasteiger partial charge < -0.3 is 9.32 Å². The molecule has 1 heterocycles. The van der Waals surface area contributed by atoms with Crippen molar-refractivity contribution in [3.8, 4) is 0 Å². The van der Waals surface area contributed by atoms with Gasteiger partial charge in [0.1, 0.15) is 11.3 Å². The number of benzene rings is 2. The maximum atomic E-state index is 6.66. The molecule has 9 aliphatic rings. The van der Waals surface area contributed by atoms with E-state index in [-0.39, 0.29) is 16.9 Å². The van der Waals surface area contributed by atoms with Gasteiger partial charge in [0, 0.05) is 33.7 Å². The number of nitrogens with zero attached hydrogens (tertiary/aromatic N) is 1. The maximum Gasteiger partial charge on any atom is 0.135 e. The molecule has 0 bridgehead atoms. The molecule has 274 valence electrons. The average Bonchev–Trinajstić information content (AvgIpc) is 3.91. The van der Waals surface area contributed by atoms with Gasteiger partial charge in [-0.3, -0.25) is 0 Å². The Hall–Kier alpha value is -4.04. The number of hydrogen-bond acceptors (Lipinski definition) is 2. The molecular formula is C52H55NO. The Kier molecular flexibility index (Phi) is 7.00. The summed E-state index contributed by atoms with van der Waals surface area (Å²) < 4.78 is 6.66. The minimum Gasteiger partial charge on any atom is -0.456 e. The summed E-state index contributed by atoms with van der Waals surface area (Å²) >= 11 is 0. The Morgan fingerprint density at radius 2 is 1.59 bits per heavy atom. The van der Waals surface area contributed by atoms with E-state index in [2.05, 4.69) is 128 Å². The molecule has 0 radical (unpaired) electrons. The lowest BCUT2D eigenvalue weighted by Crippen LogP contribution is -2.44. The highest BCUT2D eigenvalue weighted by Crippen LogP contribution is 2.72. The second kappa shape index (κ2) is 11.7. The SMILES string of the molecule is CC1(C)C2=C(N(c3ccc4c(c3)C3(C5C=CCCC45)C4CCC=CC4C4CC=CCC43)C3CC=Cc4oc5ccccc5c43)CCC=C2C2C=CCCC21. The second-order valence-corrected chi connectivity index (χ2v) is 19.0. The summed E-state index contributed by atoms with van der Waals surface area (Å²) in [6, 6.07) is 17.1. The van der Waals surface area contributed by atoms with Crippen molar-refractivity contribution >= 4 is 22.7 Å². The van der Waals surface area contributed by atoms with Crippen LogP contribution in [-0.4, -0.2) is 0 Å². The van der Waals surface area contributed by atoms with Crippen LogP contribution in [0, 0.1) is 46.8 Å². The predicted octanol–water partition coefficient (Wildman–Crippen LogP) is 13.5. The van der Waals surface area contributed by atoms with Crippen molar-refractivity contribution < 1.29 is 4.42 Å². The van der Waals surface area contributed by atoms with E-state index in [4.69, 9.17) is 4.42 Å². The lowest BCUT2D eigenvalue weighted by molar-refractivity contribution is 0.145. The molecule has 9 aliphatic carbocycles. The van der Waals surface area contributed by atoms with Crippen molar-refractivity contribution in [3.05, 3.63) is 143 Å². The van der Waals surface area contributed by atoms with Crippen molar-refractivity contribution in [2.45, 2.75) is 102 Å². The number of fused-ring (bicyclic) bond motifs is 16. The smallest absolute Gasteiger partial charge is 0.135 e. The van der Waals surface area contributed by atoms with Crippen LogP contribution in [0.3, 0.4) is 0 Å². The van der Waals surface area contributed by atoms with E-state index in [0.717, 1.165) is 42.4 Å². The van der Waals surface area contributed by atoms with Crippen LogP contribution in [-0.2, 0) is 5.41 Å². The molecule has 1 spiro atoms. The van der Waals surface area contributed by atoms with Crippen molar-refractivity contribution in [3.63, 3.8) is 0 Å². The van der Waals surface area contributed by atoms with E-state index in [1.807, 2.05) is 0 Å². The first-order chi connectivity index (χ1) is 26.6. The third-order valence-electron chi connectivity index (χ3n) is 16.7. The molecule has 0 aliphatic heterocycles. The molecule has 2 fully saturated rings. The normalized spacial score (nSPS) is 37.4. The molecule has 3 aromatic rings. The number of allylic oxidation sites excluding steroid dienone is 12. The van der Waals surface area contributed by atoms with Gasteiger partial charge >= 0.3 is 0 Å². The fourth-order valence-electron chi connectivity index (χ4n) is 15.0. The zero-order chi connectivity index (χ0) is 35.8. The fraction of sp³-hybridized carbons (Fsp3) is 0.462. The van der Waals surface area contributed by atoms with Crippen LogP contribution in [0.25, 0.3) is 17.0 Å². The molecule has 2 nitrogen and oxygen atoms in total. The average molecular weight is 710 g/mol. The maximum absolute atomic E-state index is 6.66. The van der Waals surface area contributed by atoms with Gasteiger partial charge in [-0.15, -0.1) is 0 Å². The van der Waals surface area contributed by atoms with Crippen LogP contribution in [0.4, 0.5) is 5.69 Å². The molecule has 0 N–H and O–H groups in total. The Balaban J connectivity index is 1.11. The van der Waals surface area contributed by atoms with Crippen molar-refractivity contribution in [2.24, 2.45) is 46.8 Å². The molecule has 0 amide bonds.